The first-order chi connectivity index (χ1) is 9.56. The third-order valence-corrected chi connectivity index (χ3v) is 2.98. The minimum atomic E-state index is -0.627. The fraction of sp³-hybridized carbons (Fsp3) is 0.500. The molecule has 2 rings (SSSR count). The Morgan fingerprint density at radius 1 is 1.55 bits per heavy atom. The van der Waals surface area contributed by atoms with Gasteiger partial charge in [-0.25, -0.2) is 4.98 Å². The van der Waals surface area contributed by atoms with E-state index >= 15 is 0 Å². The topological polar surface area (TPSA) is 110 Å². The number of hydrogen-bond acceptors (Lipinski definition) is 6. The largest absolute Gasteiger partial charge is 0.373 e. The molecule has 8 heteroatoms. The molecule has 1 aliphatic rings. The Morgan fingerprint density at radius 2 is 2.35 bits per heavy atom. The number of nitrogens with one attached hydrogen (secondary N) is 1. The van der Waals surface area contributed by atoms with Crippen molar-refractivity contribution in [1.29, 1.82) is 0 Å². The van der Waals surface area contributed by atoms with Crippen LogP contribution in [0.15, 0.2) is 12.4 Å². The molecule has 1 aromatic heterocycles. The fourth-order valence-electron chi connectivity index (χ4n) is 1.92. The van der Waals surface area contributed by atoms with Crippen LogP contribution in [0.1, 0.15) is 17.4 Å². The van der Waals surface area contributed by atoms with Crippen LogP contribution < -0.4 is 11.1 Å². The van der Waals surface area contributed by atoms with Crippen molar-refractivity contribution in [2.75, 3.05) is 31.6 Å². The number of nitrogens with zero attached hydrogens (tertiary/aromatic N) is 3. The van der Waals surface area contributed by atoms with Gasteiger partial charge in [0.15, 0.2) is 0 Å². The summed E-state index contributed by atoms with van der Waals surface area (Å²) in [6.07, 6.45) is 2.69. The van der Waals surface area contributed by atoms with Gasteiger partial charge in [0.2, 0.25) is 5.91 Å². The van der Waals surface area contributed by atoms with Crippen molar-refractivity contribution in [2.45, 2.75) is 13.0 Å². The Bertz CT molecular complexity index is 508. The van der Waals surface area contributed by atoms with Crippen LogP contribution in [0.5, 0.6) is 0 Å². The number of primary amides is 1. The van der Waals surface area contributed by atoms with Crippen LogP contribution in [0.25, 0.3) is 0 Å². The number of anilines is 1. The monoisotopic (exact) mass is 279 g/mol. The van der Waals surface area contributed by atoms with Gasteiger partial charge in [-0.15, -0.1) is 0 Å². The first kappa shape index (κ1) is 14.2. The van der Waals surface area contributed by atoms with Crippen molar-refractivity contribution in [1.82, 2.24) is 14.9 Å². The second-order valence-corrected chi connectivity index (χ2v) is 4.49. The van der Waals surface area contributed by atoms with E-state index in [2.05, 4.69) is 15.3 Å². The van der Waals surface area contributed by atoms with Crippen LogP contribution in [-0.4, -0.2) is 59.0 Å². The maximum Gasteiger partial charge on any atom is 0.268 e. The van der Waals surface area contributed by atoms with Gasteiger partial charge in [0.25, 0.3) is 5.91 Å². The van der Waals surface area contributed by atoms with E-state index in [1.165, 1.54) is 19.3 Å². The number of hydrogen-bond donors (Lipinski definition) is 2. The summed E-state index contributed by atoms with van der Waals surface area (Å²) in [5.41, 5.74) is 5.24. The van der Waals surface area contributed by atoms with Crippen molar-refractivity contribution in [3.05, 3.63) is 18.1 Å². The number of rotatable bonds is 4. The summed E-state index contributed by atoms with van der Waals surface area (Å²) in [6.45, 7) is 3.67. The molecule has 8 nitrogen and oxygen atoms in total. The lowest BCUT2D eigenvalue weighted by atomic mass is 10.2. The molecule has 2 heterocycles. The van der Waals surface area contributed by atoms with E-state index in [4.69, 9.17) is 10.5 Å². The predicted octanol–water partition coefficient (Wildman–Crippen LogP) is -0.765. The summed E-state index contributed by atoms with van der Waals surface area (Å²) in [5, 5.41) is 3.02. The first-order valence-corrected chi connectivity index (χ1v) is 6.29. The van der Waals surface area contributed by atoms with Crippen molar-refractivity contribution in [2.24, 2.45) is 5.73 Å². The maximum atomic E-state index is 11.3. The van der Waals surface area contributed by atoms with Crippen LogP contribution in [0, 0.1) is 0 Å². The highest BCUT2D eigenvalue weighted by Crippen LogP contribution is 2.07. The Balaban J connectivity index is 1.90. The molecule has 0 aromatic carbocycles. The molecule has 3 N–H and O–H groups in total. The summed E-state index contributed by atoms with van der Waals surface area (Å²) in [5.74, 6) is -0.142. The zero-order valence-electron chi connectivity index (χ0n) is 11.2. The van der Waals surface area contributed by atoms with Gasteiger partial charge in [0.05, 0.1) is 25.1 Å². The van der Waals surface area contributed by atoms with E-state index in [9.17, 15) is 9.59 Å². The maximum absolute atomic E-state index is 11.3. The van der Waals surface area contributed by atoms with E-state index < -0.39 is 5.91 Å². The molecule has 0 spiro atoms. The molecule has 0 radical (unpaired) electrons. The van der Waals surface area contributed by atoms with Crippen molar-refractivity contribution in [3.8, 4) is 0 Å². The number of nitrogens with two attached hydrogens (primary N) is 1. The van der Waals surface area contributed by atoms with E-state index in [0.717, 1.165) is 0 Å². The van der Waals surface area contributed by atoms with Gasteiger partial charge in [-0.3, -0.25) is 14.6 Å². The van der Waals surface area contributed by atoms with Gasteiger partial charge in [0, 0.05) is 26.6 Å². The summed E-state index contributed by atoms with van der Waals surface area (Å²) < 4.78 is 5.56. The molecule has 0 unspecified atom stereocenters. The summed E-state index contributed by atoms with van der Waals surface area (Å²) in [4.78, 5) is 32.0. The predicted molar refractivity (Wildman–Crippen MR) is 71.0 cm³/mol. The standard InChI is InChI=1S/C12H17N5O3/c1-8(18)17-2-3-20-9(7-17)4-15-11-6-14-5-10(16-11)12(13)19/h5-6,9H,2-4,7H2,1H3,(H2,13,19)(H,15,16)/t9-/m0/s1. The molecule has 0 aliphatic carbocycles. The smallest absolute Gasteiger partial charge is 0.268 e. The quantitative estimate of drug-likeness (QED) is 0.749. The molecule has 1 aromatic rings. The van der Waals surface area contributed by atoms with Gasteiger partial charge in [0.1, 0.15) is 11.5 Å². The third kappa shape index (κ3) is 3.64. The molecule has 1 saturated heterocycles. The van der Waals surface area contributed by atoms with Gasteiger partial charge in [-0.05, 0) is 0 Å². The Morgan fingerprint density at radius 3 is 3.05 bits per heavy atom. The van der Waals surface area contributed by atoms with E-state index in [1.54, 1.807) is 4.90 Å². The summed E-state index contributed by atoms with van der Waals surface area (Å²) in [6, 6.07) is 0. The number of morpholine rings is 1. The molecule has 108 valence electrons. The number of aromatic nitrogens is 2. The zero-order valence-corrected chi connectivity index (χ0v) is 11.2. The average Bonchev–Trinajstić information content (AvgIpc) is 2.45. The van der Waals surface area contributed by atoms with Crippen LogP contribution in [0.4, 0.5) is 5.82 Å². The number of amides is 2. The van der Waals surface area contributed by atoms with Crippen molar-refractivity contribution >= 4 is 17.6 Å². The van der Waals surface area contributed by atoms with Gasteiger partial charge in [-0.1, -0.05) is 0 Å². The van der Waals surface area contributed by atoms with Gasteiger partial charge in [-0.2, -0.15) is 0 Å². The summed E-state index contributed by atoms with van der Waals surface area (Å²) in [7, 11) is 0. The van der Waals surface area contributed by atoms with E-state index in [1.807, 2.05) is 0 Å². The average molecular weight is 279 g/mol. The van der Waals surface area contributed by atoms with Crippen molar-refractivity contribution < 1.29 is 14.3 Å². The minimum Gasteiger partial charge on any atom is -0.373 e. The summed E-state index contributed by atoms with van der Waals surface area (Å²) >= 11 is 0. The minimum absolute atomic E-state index is 0.0359. The number of carbonyl (C=O) groups excluding carboxylic acids is 2. The highest BCUT2D eigenvalue weighted by molar-refractivity contribution is 5.90. The Hall–Kier alpha value is -2.22. The molecule has 1 atom stereocenters. The third-order valence-electron chi connectivity index (χ3n) is 2.98. The molecule has 0 bridgehead atoms. The van der Waals surface area contributed by atoms with Gasteiger partial charge >= 0.3 is 0 Å². The highest BCUT2D eigenvalue weighted by Gasteiger charge is 2.21. The lowest BCUT2D eigenvalue weighted by Gasteiger charge is -2.32. The molecule has 20 heavy (non-hydrogen) atoms. The normalized spacial score (nSPS) is 18.6. The highest BCUT2D eigenvalue weighted by atomic mass is 16.5. The lowest BCUT2D eigenvalue weighted by molar-refractivity contribution is -0.135. The number of ether oxygens (including phenoxy) is 1. The SMILES string of the molecule is CC(=O)N1CCO[C@@H](CNc2cncc(C(N)=O)n2)C1. The number of carbonyl (C=O) groups is 2. The molecule has 0 saturated carbocycles. The second kappa shape index (κ2) is 6.29. The van der Waals surface area contributed by atoms with Gasteiger partial charge < -0.3 is 20.7 Å². The lowest BCUT2D eigenvalue weighted by Crippen LogP contribution is -2.47. The van der Waals surface area contributed by atoms with E-state index in [-0.39, 0.29) is 17.7 Å². The van der Waals surface area contributed by atoms with E-state index in [0.29, 0.717) is 32.1 Å². The van der Waals surface area contributed by atoms with Crippen LogP contribution in [0.3, 0.4) is 0 Å². The molecule has 1 fully saturated rings. The first-order valence-electron chi connectivity index (χ1n) is 6.29. The van der Waals surface area contributed by atoms with Crippen LogP contribution >= 0.6 is 0 Å². The zero-order chi connectivity index (χ0) is 14.5. The van der Waals surface area contributed by atoms with Crippen LogP contribution in [0.2, 0.25) is 0 Å². The molecular formula is C12H17N5O3. The fourth-order valence-corrected chi connectivity index (χ4v) is 1.92. The Kier molecular flexibility index (Phi) is 4.46. The second-order valence-electron chi connectivity index (χ2n) is 4.49. The van der Waals surface area contributed by atoms with Crippen LogP contribution in [-0.2, 0) is 9.53 Å². The van der Waals surface area contributed by atoms with Crippen molar-refractivity contribution in [3.63, 3.8) is 0 Å². The Labute approximate surface area is 116 Å². The molecular weight excluding hydrogens is 262 g/mol. The molecule has 2 amide bonds. The molecule has 1 aliphatic heterocycles.